The second kappa shape index (κ2) is 5.77. The molecule has 1 N–H and O–H groups in total. The van der Waals surface area contributed by atoms with Crippen LogP contribution in [0.2, 0.25) is 0 Å². The summed E-state index contributed by atoms with van der Waals surface area (Å²) in [5.41, 5.74) is 2.64. The Morgan fingerprint density at radius 3 is 2.63 bits per heavy atom. The van der Waals surface area contributed by atoms with Gasteiger partial charge in [0, 0.05) is 6.04 Å². The van der Waals surface area contributed by atoms with Gasteiger partial charge in [0.1, 0.15) is 0 Å². The highest BCUT2D eigenvalue weighted by Crippen LogP contribution is 2.32. The molecule has 0 saturated heterocycles. The zero-order valence-electron chi connectivity index (χ0n) is 11.5. The maximum Gasteiger partial charge on any atom is 0.227 e. The molecule has 1 amide bonds. The summed E-state index contributed by atoms with van der Waals surface area (Å²) in [6.45, 7) is 0. The summed E-state index contributed by atoms with van der Waals surface area (Å²) < 4.78 is 0. The van der Waals surface area contributed by atoms with Gasteiger partial charge in [-0.15, -0.1) is 0 Å². The van der Waals surface area contributed by atoms with Crippen molar-refractivity contribution in [1.29, 1.82) is 0 Å². The Balaban J connectivity index is 1.70. The van der Waals surface area contributed by atoms with E-state index in [9.17, 15) is 4.79 Å². The first-order chi connectivity index (χ1) is 9.34. The average molecular weight is 257 g/mol. The highest BCUT2D eigenvalue weighted by atomic mass is 16.1. The van der Waals surface area contributed by atoms with Gasteiger partial charge in [-0.2, -0.15) is 0 Å². The SMILES string of the molecule is O=C(NC1CCCCC1)[C@H]1CCCc2ccccc21. The Labute approximate surface area is 115 Å². The number of benzene rings is 1. The first kappa shape index (κ1) is 12.7. The molecule has 1 saturated carbocycles. The van der Waals surface area contributed by atoms with Crippen molar-refractivity contribution in [1.82, 2.24) is 5.32 Å². The molecule has 102 valence electrons. The fraction of sp³-hybridized carbons (Fsp3) is 0.588. The van der Waals surface area contributed by atoms with Crippen LogP contribution in [0, 0.1) is 0 Å². The van der Waals surface area contributed by atoms with Crippen molar-refractivity contribution in [3.63, 3.8) is 0 Å². The molecule has 0 radical (unpaired) electrons. The first-order valence-electron chi connectivity index (χ1n) is 7.73. The lowest BCUT2D eigenvalue weighted by Crippen LogP contribution is -2.40. The van der Waals surface area contributed by atoms with E-state index in [0.29, 0.717) is 6.04 Å². The van der Waals surface area contributed by atoms with Gasteiger partial charge in [0.05, 0.1) is 5.92 Å². The van der Waals surface area contributed by atoms with Crippen molar-refractivity contribution in [2.24, 2.45) is 0 Å². The van der Waals surface area contributed by atoms with Crippen LogP contribution in [-0.2, 0) is 11.2 Å². The van der Waals surface area contributed by atoms with Crippen LogP contribution in [0.15, 0.2) is 24.3 Å². The Morgan fingerprint density at radius 2 is 1.79 bits per heavy atom. The summed E-state index contributed by atoms with van der Waals surface area (Å²) in [5.74, 6) is 0.353. The molecule has 1 atom stereocenters. The number of nitrogens with one attached hydrogen (secondary N) is 1. The van der Waals surface area contributed by atoms with E-state index < -0.39 is 0 Å². The van der Waals surface area contributed by atoms with Gasteiger partial charge in [-0.05, 0) is 43.2 Å². The Bertz CT molecular complexity index is 448. The molecule has 1 fully saturated rings. The van der Waals surface area contributed by atoms with Crippen LogP contribution in [-0.4, -0.2) is 11.9 Å². The lowest BCUT2D eigenvalue weighted by molar-refractivity contribution is -0.123. The summed E-state index contributed by atoms with van der Waals surface area (Å²) >= 11 is 0. The third-order valence-corrected chi connectivity index (χ3v) is 4.64. The molecule has 1 aromatic carbocycles. The quantitative estimate of drug-likeness (QED) is 0.862. The minimum Gasteiger partial charge on any atom is -0.353 e. The highest BCUT2D eigenvalue weighted by Gasteiger charge is 2.27. The van der Waals surface area contributed by atoms with E-state index in [0.717, 1.165) is 19.3 Å². The number of carbonyl (C=O) groups excluding carboxylic acids is 1. The van der Waals surface area contributed by atoms with Crippen molar-refractivity contribution < 1.29 is 4.79 Å². The van der Waals surface area contributed by atoms with Crippen LogP contribution in [0.5, 0.6) is 0 Å². The standard InChI is InChI=1S/C17H23NO/c19-17(18-14-9-2-1-3-10-14)16-12-6-8-13-7-4-5-11-15(13)16/h4-5,7,11,14,16H,1-3,6,8-10,12H2,(H,18,19)/t16-/m0/s1. The van der Waals surface area contributed by atoms with E-state index in [1.54, 1.807) is 0 Å². The molecule has 0 spiro atoms. The van der Waals surface area contributed by atoms with Gasteiger partial charge in [0.25, 0.3) is 0 Å². The smallest absolute Gasteiger partial charge is 0.227 e. The number of hydrogen-bond donors (Lipinski definition) is 1. The van der Waals surface area contributed by atoms with Crippen LogP contribution in [0.1, 0.15) is 62.0 Å². The van der Waals surface area contributed by atoms with Crippen molar-refractivity contribution in [2.75, 3.05) is 0 Å². The molecule has 0 aromatic heterocycles. The van der Waals surface area contributed by atoms with Crippen molar-refractivity contribution in [3.8, 4) is 0 Å². The van der Waals surface area contributed by atoms with Crippen molar-refractivity contribution in [3.05, 3.63) is 35.4 Å². The summed E-state index contributed by atoms with van der Waals surface area (Å²) in [7, 11) is 0. The second-order valence-corrected chi connectivity index (χ2v) is 5.99. The van der Waals surface area contributed by atoms with Gasteiger partial charge in [-0.3, -0.25) is 4.79 Å². The zero-order chi connectivity index (χ0) is 13.1. The molecular weight excluding hydrogens is 234 g/mol. The summed E-state index contributed by atoms with van der Waals surface area (Å²) in [6, 6.07) is 8.88. The summed E-state index contributed by atoms with van der Waals surface area (Å²) in [6.07, 6.45) is 9.48. The molecule has 2 aliphatic rings. The summed E-state index contributed by atoms with van der Waals surface area (Å²) in [5, 5.41) is 3.29. The fourth-order valence-corrected chi connectivity index (χ4v) is 3.57. The van der Waals surface area contributed by atoms with Crippen molar-refractivity contribution >= 4 is 5.91 Å². The Hall–Kier alpha value is -1.31. The highest BCUT2D eigenvalue weighted by molar-refractivity contribution is 5.84. The number of rotatable bonds is 2. The lowest BCUT2D eigenvalue weighted by atomic mass is 9.82. The third kappa shape index (κ3) is 2.83. The van der Waals surface area contributed by atoms with Crippen LogP contribution in [0.4, 0.5) is 0 Å². The van der Waals surface area contributed by atoms with Gasteiger partial charge in [0.15, 0.2) is 0 Å². The second-order valence-electron chi connectivity index (χ2n) is 5.99. The third-order valence-electron chi connectivity index (χ3n) is 4.64. The van der Waals surface area contributed by atoms with Gasteiger partial charge in [-0.25, -0.2) is 0 Å². The molecule has 0 bridgehead atoms. The van der Waals surface area contributed by atoms with Crippen LogP contribution < -0.4 is 5.32 Å². The van der Waals surface area contributed by atoms with E-state index in [4.69, 9.17) is 0 Å². The maximum absolute atomic E-state index is 12.5. The number of amides is 1. The normalized spacial score (nSPS) is 23.7. The Kier molecular flexibility index (Phi) is 3.86. The topological polar surface area (TPSA) is 29.1 Å². The fourth-order valence-electron chi connectivity index (χ4n) is 3.57. The minimum absolute atomic E-state index is 0.0897. The molecule has 0 heterocycles. The molecule has 2 heteroatoms. The van der Waals surface area contributed by atoms with E-state index in [-0.39, 0.29) is 11.8 Å². The molecule has 0 unspecified atom stereocenters. The molecule has 19 heavy (non-hydrogen) atoms. The van der Waals surface area contributed by atoms with Gasteiger partial charge < -0.3 is 5.32 Å². The first-order valence-corrected chi connectivity index (χ1v) is 7.73. The predicted octanol–water partition coefficient (Wildman–Crippen LogP) is 3.56. The van der Waals surface area contributed by atoms with Crippen LogP contribution in [0.25, 0.3) is 0 Å². The van der Waals surface area contributed by atoms with Gasteiger partial charge in [0.2, 0.25) is 5.91 Å². The number of carbonyl (C=O) groups is 1. The number of hydrogen-bond acceptors (Lipinski definition) is 1. The van der Waals surface area contributed by atoms with Crippen molar-refractivity contribution in [2.45, 2.75) is 63.3 Å². The Morgan fingerprint density at radius 1 is 1.00 bits per heavy atom. The monoisotopic (exact) mass is 257 g/mol. The van der Waals surface area contributed by atoms with Crippen LogP contribution in [0.3, 0.4) is 0 Å². The largest absolute Gasteiger partial charge is 0.353 e. The molecule has 2 aliphatic carbocycles. The predicted molar refractivity (Wildman–Crippen MR) is 77.1 cm³/mol. The van der Waals surface area contributed by atoms with E-state index >= 15 is 0 Å². The molecule has 1 aromatic rings. The van der Waals surface area contributed by atoms with Gasteiger partial charge in [-0.1, -0.05) is 43.5 Å². The zero-order valence-corrected chi connectivity index (χ0v) is 11.5. The van der Waals surface area contributed by atoms with E-state index in [2.05, 4.69) is 29.6 Å². The molecule has 3 rings (SSSR count). The van der Waals surface area contributed by atoms with E-state index in [1.807, 2.05) is 0 Å². The number of fused-ring (bicyclic) bond motifs is 1. The molecular formula is C17H23NO. The number of aryl methyl sites for hydroxylation is 1. The lowest BCUT2D eigenvalue weighted by Gasteiger charge is -2.28. The average Bonchev–Trinajstić information content (AvgIpc) is 2.47. The van der Waals surface area contributed by atoms with Gasteiger partial charge >= 0.3 is 0 Å². The maximum atomic E-state index is 12.5. The minimum atomic E-state index is 0.0897. The van der Waals surface area contributed by atoms with Crippen LogP contribution >= 0.6 is 0 Å². The van der Waals surface area contributed by atoms with E-state index in [1.165, 1.54) is 43.2 Å². The molecule has 2 nitrogen and oxygen atoms in total. The summed E-state index contributed by atoms with van der Waals surface area (Å²) in [4.78, 5) is 12.5. The molecule has 0 aliphatic heterocycles.